The molecule has 1 aliphatic rings. The first-order chi connectivity index (χ1) is 11.0. The number of thioether (sulfide) groups is 1. The minimum Gasteiger partial charge on any atom is -0.393 e. The van der Waals surface area contributed by atoms with Gasteiger partial charge in [-0.1, -0.05) is 72.2 Å². The molecule has 3 heteroatoms. The molecule has 1 saturated carbocycles. The summed E-state index contributed by atoms with van der Waals surface area (Å²) >= 11 is 1.48. The number of carbonyl (C=O) groups excluding carboxylic acids is 1. The fourth-order valence-corrected chi connectivity index (χ4v) is 5.15. The third-order valence-corrected chi connectivity index (χ3v) is 6.55. The van der Waals surface area contributed by atoms with Crippen molar-refractivity contribution in [3.05, 3.63) is 12.7 Å². The standard InChI is InChI=1S/C21H38O2S/c1-8-14-21(7)17(12-13-18(21)22)16(11-9-10-15(2)3)19(23)24-20(4,5)6/h8,15-18,22H,1,9-14H2,2-7H3/t16-,17-,18?,21-/m1/s1. The minimum atomic E-state index is -0.319. The van der Waals surface area contributed by atoms with Gasteiger partial charge in [0.05, 0.1) is 6.10 Å². The van der Waals surface area contributed by atoms with Gasteiger partial charge in [0.2, 0.25) is 0 Å². The van der Waals surface area contributed by atoms with Gasteiger partial charge in [-0.05, 0) is 37.5 Å². The second-order valence-corrected chi connectivity index (χ2v) is 11.0. The molecule has 2 nitrogen and oxygen atoms in total. The molecule has 24 heavy (non-hydrogen) atoms. The van der Waals surface area contributed by atoms with Gasteiger partial charge in [0.1, 0.15) is 0 Å². The Balaban J connectivity index is 2.98. The lowest BCUT2D eigenvalue weighted by molar-refractivity contribution is -0.118. The molecule has 1 rings (SSSR count). The number of rotatable bonds is 8. The molecule has 1 N–H and O–H groups in total. The highest BCUT2D eigenvalue weighted by atomic mass is 32.2. The molecular formula is C21H38O2S. The Hall–Kier alpha value is -0.280. The molecular weight excluding hydrogens is 316 g/mol. The first-order valence-corrected chi connectivity index (χ1v) is 10.3. The summed E-state index contributed by atoms with van der Waals surface area (Å²) in [5.41, 5.74) is -0.210. The Morgan fingerprint density at radius 1 is 1.33 bits per heavy atom. The topological polar surface area (TPSA) is 37.3 Å². The first kappa shape index (κ1) is 21.8. The SMILES string of the molecule is C=CC[C@@]1(C)C(O)CC[C@@H]1[C@@H](CCCC(C)C)C(=O)SC(C)(C)C. The average molecular weight is 355 g/mol. The van der Waals surface area contributed by atoms with E-state index in [0.717, 1.165) is 38.5 Å². The number of hydrogen-bond donors (Lipinski definition) is 1. The van der Waals surface area contributed by atoms with E-state index in [1.54, 1.807) is 0 Å². The van der Waals surface area contributed by atoms with Crippen molar-refractivity contribution in [2.45, 2.75) is 90.9 Å². The van der Waals surface area contributed by atoms with E-state index in [0.29, 0.717) is 11.0 Å². The van der Waals surface area contributed by atoms with Gasteiger partial charge < -0.3 is 5.11 Å². The van der Waals surface area contributed by atoms with Gasteiger partial charge in [-0.25, -0.2) is 0 Å². The molecule has 1 unspecified atom stereocenters. The summed E-state index contributed by atoms with van der Waals surface area (Å²) in [7, 11) is 0. The van der Waals surface area contributed by atoms with Gasteiger partial charge in [-0.3, -0.25) is 4.79 Å². The fraction of sp³-hybridized carbons (Fsp3) is 0.857. The Morgan fingerprint density at radius 2 is 1.96 bits per heavy atom. The van der Waals surface area contributed by atoms with Crippen LogP contribution in [0.2, 0.25) is 0 Å². The summed E-state index contributed by atoms with van der Waals surface area (Å²) in [6.45, 7) is 16.8. The fourth-order valence-electron chi connectivity index (χ4n) is 4.11. The summed E-state index contributed by atoms with van der Waals surface area (Å²) < 4.78 is -0.0561. The number of hydrogen-bond acceptors (Lipinski definition) is 3. The van der Waals surface area contributed by atoms with E-state index in [2.05, 4.69) is 48.1 Å². The van der Waals surface area contributed by atoms with Crippen LogP contribution in [-0.2, 0) is 4.79 Å². The summed E-state index contributed by atoms with van der Waals surface area (Å²) in [6.07, 6.45) is 7.34. The molecule has 1 aliphatic carbocycles. The quantitative estimate of drug-likeness (QED) is 0.556. The smallest absolute Gasteiger partial charge is 0.192 e. The van der Waals surface area contributed by atoms with Gasteiger partial charge in [-0.15, -0.1) is 6.58 Å². The van der Waals surface area contributed by atoms with Gasteiger partial charge in [0.15, 0.2) is 5.12 Å². The van der Waals surface area contributed by atoms with Crippen LogP contribution in [-0.4, -0.2) is 21.1 Å². The van der Waals surface area contributed by atoms with Crippen LogP contribution in [0.5, 0.6) is 0 Å². The lowest BCUT2D eigenvalue weighted by Gasteiger charge is -2.38. The van der Waals surface area contributed by atoms with Crippen molar-refractivity contribution in [1.29, 1.82) is 0 Å². The van der Waals surface area contributed by atoms with Crippen LogP contribution in [0.3, 0.4) is 0 Å². The maximum atomic E-state index is 13.1. The Labute approximate surface area is 153 Å². The summed E-state index contributed by atoms with van der Waals surface area (Å²) in [6, 6.07) is 0. The molecule has 0 amide bonds. The summed E-state index contributed by atoms with van der Waals surface area (Å²) in [5, 5.41) is 10.9. The average Bonchev–Trinajstić information content (AvgIpc) is 2.69. The zero-order chi connectivity index (χ0) is 18.5. The van der Waals surface area contributed by atoms with Crippen molar-refractivity contribution >= 4 is 16.9 Å². The largest absolute Gasteiger partial charge is 0.393 e. The minimum absolute atomic E-state index is 0.0510. The molecule has 0 bridgehead atoms. The number of allylic oxidation sites excluding steroid dienone is 1. The van der Waals surface area contributed by atoms with Crippen molar-refractivity contribution in [2.24, 2.45) is 23.2 Å². The highest BCUT2D eigenvalue weighted by Gasteiger charge is 2.50. The molecule has 4 atom stereocenters. The second-order valence-electron chi connectivity index (χ2n) is 9.16. The third-order valence-electron chi connectivity index (χ3n) is 5.44. The molecule has 0 aliphatic heterocycles. The van der Waals surface area contributed by atoms with Crippen LogP contribution in [0.1, 0.15) is 80.1 Å². The number of aliphatic hydroxyl groups is 1. The third kappa shape index (κ3) is 5.91. The summed E-state index contributed by atoms with van der Waals surface area (Å²) in [5.74, 6) is 0.986. The van der Waals surface area contributed by atoms with E-state index >= 15 is 0 Å². The highest BCUT2D eigenvalue weighted by molar-refractivity contribution is 8.14. The summed E-state index contributed by atoms with van der Waals surface area (Å²) in [4.78, 5) is 13.1. The zero-order valence-electron chi connectivity index (χ0n) is 16.6. The van der Waals surface area contributed by atoms with Crippen molar-refractivity contribution < 1.29 is 9.90 Å². The van der Waals surface area contributed by atoms with E-state index in [1.807, 2.05) is 6.08 Å². The van der Waals surface area contributed by atoms with Gasteiger partial charge in [-0.2, -0.15) is 0 Å². The first-order valence-electron chi connectivity index (χ1n) is 9.53. The molecule has 1 fully saturated rings. The molecule has 0 radical (unpaired) electrons. The highest BCUT2D eigenvalue weighted by Crippen LogP contribution is 2.52. The maximum Gasteiger partial charge on any atom is 0.192 e. The number of aliphatic hydroxyl groups excluding tert-OH is 1. The molecule has 140 valence electrons. The number of carbonyl (C=O) groups is 1. The van der Waals surface area contributed by atoms with Crippen LogP contribution < -0.4 is 0 Å². The van der Waals surface area contributed by atoms with Crippen LogP contribution in [0.15, 0.2) is 12.7 Å². The van der Waals surface area contributed by atoms with E-state index in [9.17, 15) is 9.90 Å². The van der Waals surface area contributed by atoms with Crippen molar-refractivity contribution in [3.8, 4) is 0 Å². The van der Waals surface area contributed by atoms with Crippen LogP contribution >= 0.6 is 11.8 Å². The van der Waals surface area contributed by atoms with Crippen molar-refractivity contribution in [3.63, 3.8) is 0 Å². The van der Waals surface area contributed by atoms with Gasteiger partial charge in [0.25, 0.3) is 0 Å². The predicted molar refractivity (Wildman–Crippen MR) is 106 cm³/mol. The Bertz CT molecular complexity index is 424. The zero-order valence-corrected chi connectivity index (χ0v) is 17.4. The van der Waals surface area contributed by atoms with E-state index < -0.39 is 0 Å². The molecule has 0 spiro atoms. The molecule has 0 aromatic carbocycles. The van der Waals surface area contributed by atoms with Gasteiger partial charge >= 0.3 is 0 Å². The van der Waals surface area contributed by atoms with E-state index in [4.69, 9.17) is 0 Å². The van der Waals surface area contributed by atoms with E-state index in [-0.39, 0.29) is 28.1 Å². The Kier molecular flexibility index (Phi) is 8.06. The second kappa shape index (κ2) is 8.89. The lowest BCUT2D eigenvalue weighted by Crippen LogP contribution is -2.38. The molecule has 0 aromatic heterocycles. The Morgan fingerprint density at radius 3 is 2.46 bits per heavy atom. The van der Waals surface area contributed by atoms with Crippen molar-refractivity contribution in [2.75, 3.05) is 0 Å². The molecule has 0 saturated heterocycles. The normalized spacial score (nSPS) is 29.0. The van der Waals surface area contributed by atoms with Crippen LogP contribution in [0.25, 0.3) is 0 Å². The van der Waals surface area contributed by atoms with Crippen LogP contribution in [0, 0.1) is 23.2 Å². The van der Waals surface area contributed by atoms with Crippen molar-refractivity contribution in [1.82, 2.24) is 0 Å². The maximum absolute atomic E-state index is 13.1. The van der Waals surface area contributed by atoms with E-state index in [1.165, 1.54) is 11.8 Å². The molecule has 0 heterocycles. The van der Waals surface area contributed by atoms with Crippen LogP contribution in [0.4, 0.5) is 0 Å². The monoisotopic (exact) mass is 354 g/mol. The molecule has 0 aromatic rings. The lowest BCUT2D eigenvalue weighted by atomic mass is 9.69. The predicted octanol–water partition coefficient (Wildman–Crippen LogP) is 5.84. The van der Waals surface area contributed by atoms with Gasteiger partial charge in [0, 0.05) is 16.1 Å².